The molecule has 170 valence electrons. The number of alkyl halides is 3. The molecular formula is C23H20F3N5O2. The highest BCUT2D eigenvalue weighted by Gasteiger charge is 2.30. The maximum absolute atomic E-state index is 12.8. The smallest absolute Gasteiger partial charge is 0.416 e. The number of aromatic nitrogens is 4. The van der Waals surface area contributed by atoms with Gasteiger partial charge in [0.2, 0.25) is 11.8 Å². The first-order valence-electron chi connectivity index (χ1n) is 9.89. The predicted molar refractivity (Wildman–Crippen MR) is 117 cm³/mol. The molecular weight excluding hydrogens is 435 g/mol. The number of benzene rings is 2. The molecule has 2 aromatic carbocycles. The van der Waals surface area contributed by atoms with E-state index in [4.69, 9.17) is 9.47 Å². The fraction of sp³-hybridized carbons (Fsp3) is 0.174. The Kier molecular flexibility index (Phi) is 5.91. The molecule has 0 fully saturated rings. The SMILES string of the molecule is COc1cc(Nc2nc(C)cc(Oc3ccc(C(F)(F)F)cc3)n2)ccc1-c1nc(C)c[nH]1. The normalized spacial score (nSPS) is 11.3. The van der Waals surface area contributed by atoms with Gasteiger partial charge in [-0.3, -0.25) is 0 Å². The molecule has 0 unspecified atom stereocenters. The van der Waals surface area contributed by atoms with Gasteiger partial charge in [0, 0.05) is 29.7 Å². The molecule has 0 bridgehead atoms. The van der Waals surface area contributed by atoms with Crippen LogP contribution in [0.4, 0.5) is 24.8 Å². The van der Waals surface area contributed by atoms with E-state index in [1.807, 2.05) is 19.1 Å². The Morgan fingerprint density at radius 3 is 2.30 bits per heavy atom. The minimum Gasteiger partial charge on any atom is -0.496 e. The molecule has 0 aliphatic heterocycles. The Bertz CT molecular complexity index is 1270. The summed E-state index contributed by atoms with van der Waals surface area (Å²) in [6, 6.07) is 11.5. The van der Waals surface area contributed by atoms with E-state index in [1.54, 1.807) is 32.4 Å². The van der Waals surface area contributed by atoms with Crippen molar-refractivity contribution in [2.75, 3.05) is 12.4 Å². The van der Waals surface area contributed by atoms with E-state index in [0.29, 0.717) is 23.0 Å². The number of hydrogen-bond acceptors (Lipinski definition) is 6. The van der Waals surface area contributed by atoms with E-state index >= 15 is 0 Å². The number of rotatable bonds is 6. The van der Waals surface area contributed by atoms with Crippen LogP contribution >= 0.6 is 0 Å². The summed E-state index contributed by atoms with van der Waals surface area (Å²) in [4.78, 5) is 16.2. The second-order valence-corrected chi connectivity index (χ2v) is 7.23. The average molecular weight is 455 g/mol. The number of nitrogens with zero attached hydrogens (tertiary/aromatic N) is 3. The molecule has 10 heteroatoms. The van der Waals surface area contributed by atoms with Gasteiger partial charge in [-0.2, -0.15) is 18.2 Å². The molecule has 0 spiro atoms. The van der Waals surface area contributed by atoms with Crippen LogP contribution in [0.2, 0.25) is 0 Å². The molecule has 7 nitrogen and oxygen atoms in total. The van der Waals surface area contributed by atoms with Crippen molar-refractivity contribution >= 4 is 11.6 Å². The van der Waals surface area contributed by atoms with Gasteiger partial charge in [-0.15, -0.1) is 0 Å². The largest absolute Gasteiger partial charge is 0.496 e. The molecule has 0 amide bonds. The Morgan fingerprint density at radius 1 is 0.909 bits per heavy atom. The summed E-state index contributed by atoms with van der Waals surface area (Å²) >= 11 is 0. The van der Waals surface area contributed by atoms with Gasteiger partial charge >= 0.3 is 6.18 Å². The van der Waals surface area contributed by atoms with Gasteiger partial charge in [-0.05, 0) is 50.2 Å². The van der Waals surface area contributed by atoms with Crippen molar-refractivity contribution in [2.24, 2.45) is 0 Å². The lowest BCUT2D eigenvalue weighted by molar-refractivity contribution is -0.137. The second kappa shape index (κ2) is 8.81. The van der Waals surface area contributed by atoms with Crippen LogP contribution in [0.1, 0.15) is 17.0 Å². The minimum absolute atomic E-state index is 0.194. The highest BCUT2D eigenvalue weighted by Crippen LogP contribution is 2.33. The number of H-pyrrole nitrogens is 1. The van der Waals surface area contributed by atoms with Crippen LogP contribution in [-0.4, -0.2) is 27.0 Å². The lowest BCUT2D eigenvalue weighted by atomic mass is 10.1. The van der Waals surface area contributed by atoms with E-state index in [9.17, 15) is 13.2 Å². The third-order valence-electron chi connectivity index (χ3n) is 4.65. The standard InChI is InChI=1S/C23H20F3N5O2/c1-13-10-20(33-17-7-4-15(5-8-17)23(24,25)26)31-22(29-13)30-16-6-9-18(19(11-16)32-3)21-27-12-14(2)28-21/h4-12H,1-3H3,(H,27,28)(H,29,30,31). The molecule has 33 heavy (non-hydrogen) atoms. The zero-order valence-corrected chi connectivity index (χ0v) is 18.0. The summed E-state index contributed by atoms with van der Waals surface area (Å²) in [6.07, 6.45) is -2.60. The highest BCUT2D eigenvalue weighted by molar-refractivity contribution is 5.70. The quantitative estimate of drug-likeness (QED) is 0.368. The number of methoxy groups -OCH3 is 1. The van der Waals surface area contributed by atoms with Crippen LogP contribution in [-0.2, 0) is 6.18 Å². The van der Waals surface area contributed by atoms with E-state index in [2.05, 4.69) is 25.3 Å². The number of aromatic amines is 1. The van der Waals surface area contributed by atoms with Gasteiger partial charge < -0.3 is 19.8 Å². The molecule has 2 N–H and O–H groups in total. The molecule has 4 rings (SSSR count). The van der Waals surface area contributed by atoms with E-state index in [0.717, 1.165) is 23.4 Å². The number of anilines is 2. The summed E-state index contributed by atoms with van der Waals surface area (Å²) in [6.45, 7) is 3.65. The van der Waals surface area contributed by atoms with Crippen LogP contribution in [0.3, 0.4) is 0 Å². The van der Waals surface area contributed by atoms with Crippen LogP contribution in [0.25, 0.3) is 11.4 Å². The first-order chi connectivity index (χ1) is 15.7. The van der Waals surface area contributed by atoms with Crippen molar-refractivity contribution in [3.05, 3.63) is 71.7 Å². The van der Waals surface area contributed by atoms with Gasteiger partial charge in [0.1, 0.15) is 17.3 Å². The molecule has 2 heterocycles. The monoisotopic (exact) mass is 455 g/mol. The van der Waals surface area contributed by atoms with Gasteiger partial charge in [-0.25, -0.2) is 9.97 Å². The lowest BCUT2D eigenvalue weighted by Gasteiger charge is -2.12. The topological polar surface area (TPSA) is 84.9 Å². The molecule has 4 aromatic rings. The fourth-order valence-electron chi connectivity index (χ4n) is 3.13. The summed E-state index contributed by atoms with van der Waals surface area (Å²) < 4.78 is 49.4. The lowest BCUT2D eigenvalue weighted by Crippen LogP contribution is -2.04. The van der Waals surface area contributed by atoms with Crippen molar-refractivity contribution in [1.29, 1.82) is 0 Å². The van der Waals surface area contributed by atoms with Gasteiger partial charge in [-0.1, -0.05) is 0 Å². The van der Waals surface area contributed by atoms with Gasteiger partial charge in [0.15, 0.2) is 0 Å². The summed E-state index contributed by atoms with van der Waals surface area (Å²) in [5.41, 5.74) is 2.20. The number of hydrogen-bond donors (Lipinski definition) is 2. The summed E-state index contributed by atoms with van der Waals surface area (Å²) in [7, 11) is 1.57. The number of halogens is 3. The van der Waals surface area contributed by atoms with Crippen molar-refractivity contribution < 1.29 is 22.6 Å². The van der Waals surface area contributed by atoms with E-state index in [-0.39, 0.29) is 17.6 Å². The van der Waals surface area contributed by atoms with Crippen LogP contribution < -0.4 is 14.8 Å². The van der Waals surface area contributed by atoms with Gasteiger partial charge in [0.25, 0.3) is 0 Å². The Hall–Kier alpha value is -4.08. The summed E-state index contributed by atoms with van der Waals surface area (Å²) in [5.74, 6) is 1.98. The van der Waals surface area contributed by atoms with E-state index in [1.165, 1.54) is 12.1 Å². The Labute approximate surface area is 187 Å². The molecule has 0 atom stereocenters. The predicted octanol–water partition coefficient (Wildman–Crippen LogP) is 6.05. The number of aryl methyl sites for hydroxylation is 2. The fourth-order valence-corrected chi connectivity index (χ4v) is 3.13. The molecule has 0 saturated heterocycles. The number of nitrogens with one attached hydrogen (secondary N) is 2. The van der Waals surface area contributed by atoms with Crippen LogP contribution in [0.5, 0.6) is 17.4 Å². The van der Waals surface area contributed by atoms with Crippen molar-refractivity contribution in [1.82, 2.24) is 19.9 Å². The molecule has 0 aliphatic rings. The van der Waals surface area contributed by atoms with Crippen molar-refractivity contribution in [3.63, 3.8) is 0 Å². The third-order valence-corrected chi connectivity index (χ3v) is 4.65. The third kappa shape index (κ3) is 5.22. The van der Waals surface area contributed by atoms with Crippen molar-refractivity contribution in [3.8, 4) is 28.8 Å². The minimum atomic E-state index is -4.41. The molecule has 2 aromatic heterocycles. The first kappa shape index (κ1) is 22.1. The zero-order chi connectivity index (χ0) is 23.6. The van der Waals surface area contributed by atoms with Gasteiger partial charge in [0.05, 0.1) is 23.9 Å². The number of ether oxygens (including phenoxy) is 2. The van der Waals surface area contributed by atoms with E-state index < -0.39 is 11.7 Å². The van der Waals surface area contributed by atoms with Crippen LogP contribution in [0, 0.1) is 13.8 Å². The summed E-state index contributed by atoms with van der Waals surface area (Å²) in [5, 5.41) is 3.10. The Balaban J connectivity index is 1.54. The molecule has 0 saturated carbocycles. The maximum Gasteiger partial charge on any atom is 0.416 e. The average Bonchev–Trinajstić information content (AvgIpc) is 3.19. The van der Waals surface area contributed by atoms with Crippen molar-refractivity contribution in [2.45, 2.75) is 20.0 Å². The first-order valence-corrected chi connectivity index (χ1v) is 9.89. The highest BCUT2D eigenvalue weighted by atomic mass is 19.4. The zero-order valence-electron chi connectivity index (χ0n) is 18.0. The maximum atomic E-state index is 12.8. The molecule has 0 radical (unpaired) electrons. The molecule has 0 aliphatic carbocycles. The second-order valence-electron chi connectivity index (χ2n) is 7.23. The Morgan fingerprint density at radius 2 is 1.67 bits per heavy atom. The number of imidazole rings is 1. The van der Waals surface area contributed by atoms with Crippen LogP contribution in [0.15, 0.2) is 54.7 Å².